The molecular weight excluding hydrogens is 219 g/mol. The van der Waals surface area contributed by atoms with Gasteiger partial charge in [0, 0.05) is 0 Å². The summed E-state index contributed by atoms with van der Waals surface area (Å²) >= 11 is 0. The summed E-state index contributed by atoms with van der Waals surface area (Å²) in [6, 6.07) is 0. The summed E-state index contributed by atoms with van der Waals surface area (Å²) in [4.78, 5) is 0. The molecular formula is C9H15F5O. The van der Waals surface area contributed by atoms with Crippen LogP contribution in [0.5, 0.6) is 0 Å². The van der Waals surface area contributed by atoms with Crippen LogP contribution in [0.25, 0.3) is 0 Å². The van der Waals surface area contributed by atoms with Crippen molar-refractivity contribution < 1.29 is 27.1 Å². The maximum atomic E-state index is 12.5. The van der Waals surface area contributed by atoms with Gasteiger partial charge in [-0.2, -0.15) is 22.0 Å². The molecule has 0 bridgehead atoms. The molecule has 1 nitrogen and oxygen atoms in total. The van der Waals surface area contributed by atoms with Gasteiger partial charge in [0.25, 0.3) is 0 Å². The molecule has 1 unspecified atom stereocenters. The van der Waals surface area contributed by atoms with Crippen LogP contribution < -0.4 is 0 Å². The van der Waals surface area contributed by atoms with E-state index < -0.39 is 24.6 Å². The van der Waals surface area contributed by atoms with E-state index in [0.717, 1.165) is 12.8 Å². The Morgan fingerprint density at radius 3 is 1.93 bits per heavy atom. The third-order valence-electron chi connectivity index (χ3n) is 2.13. The van der Waals surface area contributed by atoms with E-state index in [1.165, 1.54) is 0 Å². The van der Waals surface area contributed by atoms with Crippen molar-refractivity contribution in [3.05, 3.63) is 0 Å². The van der Waals surface area contributed by atoms with Gasteiger partial charge in [-0.05, 0) is 6.42 Å². The van der Waals surface area contributed by atoms with Crippen LogP contribution >= 0.6 is 0 Å². The fourth-order valence-electron chi connectivity index (χ4n) is 1.13. The topological polar surface area (TPSA) is 20.2 Å². The Morgan fingerprint density at radius 1 is 1.00 bits per heavy atom. The highest BCUT2D eigenvalue weighted by Gasteiger charge is 2.61. The molecule has 0 aromatic heterocycles. The predicted molar refractivity (Wildman–Crippen MR) is 45.8 cm³/mol. The van der Waals surface area contributed by atoms with Crippen molar-refractivity contribution >= 4 is 0 Å². The molecule has 0 aliphatic rings. The zero-order valence-electron chi connectivity index (χ0n) is 8.45. The first-order valence-corrected chi connectivity index (χ1v) is 4.86. The van der Waals surface area contributed by atoms with Gasteiger partial charge < -0.3 is 5.11 Å². The van der Waals surface area contributed by atoms with Crippen molar-refractivity contribution in [3.8, 4) is 0 Å². The summed E-state index contributed by atoms with van der Waals surface area (Å²) < 4.78 is 60.2. The molecule has 1 atom stereocenters. The number of unbranched alkanes of at least 4 members (excludes halogenated alkanes) is 3. The molecule has 0 saturated carbocycles. The van der Waals surface area contributed by atoms with E-state index in [-0.39, 0.29) is 6.42 Å². The molecule has 0 aromatic rings. The van der Waals surface area contributed by atoms with Gasteiger partial charge in [0.2, 0.25) is 0 Å². The highest BCUT2D eigenvalue weighted by molar-refractivity contribution is 4.83. The minimum atomic E-state index is -5.67. The summed E-state index contributed by atoms with van der Waals surface area (Å²) in [6.45, 7) is 1.89. The maximum absolute atomic E-state index is 12.5. The van der Waals surface area contributed by atoms with E-state index in [1.54, 1.807) is 0 Å². The molecule has 0 saturated heterocycles. The molecule has 0 radical (unpaired) electrons. The highest BCUT2D eigenvalue weighted by atomic mass is 19.4. The number of rotatable bonds is 6. The predicted octanol–water partition coefficient (Wildman–Crippen LogP) is 3.52. The maximum Gasteiger partial charge on any atom is 0.456 e. The lowest BCUT2D eigenvalue weighted by molar-refractivity contribution is -0.313. The number of hydrogen-bond acceptors (Lipinski definition) is 1. The molecule has 0 aliphatic carbocycles. The van der Waals surface area contributed by atoms with E-state index in [1.807, 2.05) is 6.92 Å². The average Bonchev–Trinajstić information content (AvgIpc) is 2.10. The monoisotopic (exact) mass is 234 g/mol. The molecule has 92 valence electrons. The minimum absolute atomic E-state index is 0.181. The van der Waals surface area contributed by atoms with Crippen molar-refractivity contribution in [3.63, 3.8) is 0 Å². The molecule has 0 fully saturated rings. The standard InChI is InChI=1S/C9H15F5O/c1-2-3-4-5-6-7(15)8(10,11)9(12,13)14/h7,15H,2-6H2,1H3. The zero-order valence-corrected chi connectivity index (χ0v) is 8.45. The first kappa shape index (κ1) is 14.6. The third kappa shape index (κ3) is 4.32. The van der Waals surface area contributed by atoms with E-state index >= 15 is 0 Å². The van der Waals surface area contributed by atoms with Gasteiger partial charge in [-0.15, -0.1) is 0 Å². The quantitative estimate of drug-likeness (QED) is 0.550. The number of hydrogen-bond donors (Lipinski definition) is 1. The molecule has 0 heterocycles. The highest BCUT2D eigenvalue weighted by Crippen LogP contribution is 2.39. The summed E-state index contributed by atoms with van der Waals surface area (Å²) in [6.07, 6.45) is -6.46. The minimum Gasteiger partial charge on any atom is -0.386 e. The lowest BCUT2D eigenvalue weighted by Gasteiger charge is -2.24. The molecule has 0 rings (SSSR count). The summed E-state index contributed by atoms with van der Waals surface area (Å²) in [7, 11) is 0. The van der Waals surface area contributed by atoms with E-state index in [0.29, 0.717) is 6.42 Å². The van der Waals surface area contributed by atoms with Gasteiger partial charge >= 0.3 is 12.1 Å². The smallest absolute Gasteiger partial charge is 0.386 e. The van der Waals surface area contributed by atoms with Crippen molar-refractivity contribution in [2.75, 3.05) is 0 Å². The number of halogens is 5. The number of aliphatic hydroxyl groups excluding tert-OH is 1. The Morgan fingerprint density at radius 2 is 1.53 bits per heavy atom. The van der Waals surface area contributed by atoms with Gasteiger partial charge in [0.15, 0.2) is 0 Å². The van der Waals surface area contributed by atoms with Crippen molar-refractivity contribution in [1.82, 2.24) is 0 Å². The fourth-order valence-corrected chi connectivity index (χ4v) is 1.13. The first-order chi connectivity index (χ1) is 6.73. The lowest BCUT2D eigenvalue weighted by Crippen LogP contribution is -2.46. The summed E-state index contributed by atoms with van der Waals surface area (Å²) in [5.41, 5.74) is 0. The Kier molecular flexibility index (Phi) is 5.48. The van der Waals surface area contributed by atoms with Crippen molar-refractivity contribution in [1.29, 1.82) is 0 Å². The third-order valence-corrected chi connectivity index (χ3v) is 2.13. The normalized spacial score (nSPS) is 15.4. The fraction of sp³-hybridized carbons (Fsp3) is 1.00. The molecule has 0 spiro atoms. The second-order valence-electron chi connectivity index (χ2n) is 3.49. The lowest BCUT2D eigenvalue weighted by atomic mass is 10.0. The van der Waals surface area contributed by atoms with Gasteiger partial charge in [-0.3, -0.25) is 0 Å². The van der Waals surface area contributed by atoms with E-state index in [2.05, 4.69) is 0 Å². The zero-order chi connectivity index (χ0) is 12.1. The largest absolute Gasteiger partial charge is 0.456 e. The van der Waals surface area contributed by atoms with Crippen molar-refractivity contribution in [2.45, 2.75) is 57.2 Å². The Bertz CT molecular complexity index is 178. The van der Waals surface area contributed by atoms with Crippen LogP contribution in [0.15, 0.2) is 0 Å². The summed E-state index contributed by atoms with van der Waals surface area (Å²) in [5.74, 6) is -5.00. The number of aliphatic hydroxyl groups is 1. The van der Waals surface area contributed by atoms with Crippen LogP contribution in [0.3, 0.4) is 0 Å². The SMILES string of the molecule is CCCCCCC(O)C(F)(F)C(F)(F)F. The second kappa shape index (κ2) is 5.63. The number of alkyl halides is 5. The first-order valence-electron chi connectivity index (χ1n) is 4.86. The molecule has 0 amide bonds. The molecule has 1 N–H and O–H groups in total. The van der Waals surface area contributed by atoms with Crippen LogP contribution in [-0.4, -0.2) is 23.3 Å². The molecule has 0 aromatic carbocycles. The summed E-state index contributed by atoms with van der Waals surface area (Å²) in [5, 5.41) is 8.74. The Labute approximate surface area is 85.3 Å². The van der Waals surface area contributed by atoms with E-state index in [4.69, 9.17) is 5.11 Å². The van der Waals surface area contributed by atoms with Gasteiger partial charge in [-0.1, -0.05) is 32.6 Å². The molecule has 15 heavy (non-hydrogen) atoms. The van der Waals surface area contributed by atoms with Gasteiger partial charge in [0.05, 0.1) is 0 Å². The van der Waals surface area contributed by atoms with Crippen LogP contribution in [0.4, 0.5) is 22.0 Å². The van der Waals surface area contributed by atoms with Crippen molar-refractivity contribution in [2.24, 2.45) is 0 Å². The second-order valence-corrected chi connectivity index (χ2v) is 3.49. The van der Waals surface area contributed by atoms with Crippen LogP contribution in [-0.2, 0) is 0 Å². The van der Waals surface area contributed by atoms with Gasteiger partial charge in [0.1, 0.15) is 6.10 Å². The Balaban J connectivity index is 4.03. The van der Waals surface area contributed by atoms with Crippen LogP contribution in [0.2, 0.25) is 0 Å². The van der Waals surface area contributed by atoms with E-state index in [9.17, 15) is 22.0 Å². The van der Waals surface area contributed by atoms with Crippen LogP contribution in [0.1, 0.15) is 39.0 Å². The average molecular weight is 234 g/mol. The Hall–Kier alpha value is -0.390. The molecule has 0 aliphatic heterocycles. The van der Waals surface area contributed by atoms with Crippen LogP contribution in [0, 0.1) is 0 Å². The van der Waals surface area contributed by atoms with Gasteiger partial charge in [-0.25, -0.2) is 0 Å². The molecule has 6 heteroatoms.